The van der Waals surface area contributed by atoms with Gasteiger partial charge in [-0.05, 0) is 24.3 Å². The lowest BCUT2D eigenvalue weighted by Gasteiger charge is -2.13. The second-order valence-corrected chi connectivity index (χ2v) is 4.39. The molecule has 0 radical (unpaired) electrons. The Bertz CT molecular complexity index is 611. The maximum atomic E-state index is 12.0. The van der Waals surface area contributed by atoms with Crippen molar-refractivity contribution in [3.63, 3.8) is 0 Å². The van der Waals surface area contributed by atoms with Crippen LogP contribution < -0.4 is 21.1 Å². The molecule has 0 aliphatic rings. The number of hydrogen-bond acceptors (Lipinski definition) is 3. The summed E-state index contributed by atoms with van der Waals surface area (Å²) in [6.07, 6.45) is 0. The van der Waals surface area contributed by atoms with Gasteiger partial charge in [0.15, 0.2) is 0 Å². The number of halogens is 1. The Morgan fingerprint density at radius 1 is 1.15 bits per heavy atom. The zero-order chi connectivity index (χ0) is 14.5. The van der Waals surface area contributed by atoms with Gasteiger partial charge in [-0.1, -0.05) is 29.8 Å². The summed E-state index contributed by atoms with van der Waals surface area (Å²) < 4.78 is 5.15. The highest BCUT2D eigenvalue weighted by Gasteiger charge is 2.10. The molecule has 5 nitrogen and oxygen atoms in total. The van der Waals surface area contributed by atoms with Gasteiger partial charge in [0.2, 0.25) is 0 Å². The SMILES string of the molecule is COc1ccccc1NC(=O)Nc1c(N)cccc1Cl. The van der Waals surface area contributed by atoms with Crippen LogP contribution in [0, 0.1) is 0 Å². The van der Waals surface area contributed by atoms with E-state index in [1.807, 2.05) is 6.07 Å². The van der Waals surface area contributed by atoms with Crippen molar-refractivity contribution in [3.8, 4) is 5.75 Å². The number of nitrogens with two attached hydrogens (primary N) is 1. The molecule has 2 aromatic carbocycles. The van der Waals surface area contributed by atoms with Gasteiger partial charge in [-0.2, -0.15) is 0 Å². The number of ether oxygens (including phenoxy) is 1. The topological polar surface area (TPSA) is 76.4 Å². The molecule has 6 heteroatoms. The van der Waals surface area contributed by atoms with E-state index in [2.05, 4.69) is 10.6 Å². The second-order valence-electron chi connectivity index (χ2n) is 3.98. The van der Waals surface area contributed by atoms with Crippen LogP contribution in [0.25, 0.3) is 0 Å². The van der Waals surface area contributed by atoms with Crippen LogP contribution in [-0.2, 0) is 0 Å². The third-order valence-electron chi connectivity index (χ3n) is 2.64. The van der Waals surface area contributed by atoms with Crippen molar-refractivity contribution in [1.29, 1.82) is 0 Å². The average molecular weight is 292 g/mol. The van der Waals surface area contributed by atoms with Crippen LogP contribution in [-0.4, -0.2) is 13.1 Å². The minimum Gasteiger partial charge on any atom is -0.495 e. The molecule has 2 amide bonds. The van der Waals surface area contributed by atoms with E-state index in [4.69, 9.17) is 22.1 Å². The first-order valence-corrected chi connectivity index (χ1v) is 6.24. The van der Waals surface area contributed by atoms with Crippen LogP contribution >= 0.6 is 11.6 Å². The molecule has 0 unspecified atom stereocenters. The van der Waals surface area contributed by atoms with Crippen molar-refractivity contribution >= 4 is 34.7 Å². The molecule has 20 heavy (non-hydrogen) atoms. The van der Waals surface area contributed by atoms with Crippen LogP contribution in [0.2, 0.25) is 5.02 Å². The fourth-order valence-electron chi connectivity index (χ4n) is 1.69. The summed E-state index contributed by atoms with van der Waals surface area (Å²) in [7, 11) is 1.53. The zero-order valence-corrected chi connectivity index (χ0v) is 11.6. The Labute approximate surface area is 121 Å². The van der Waals surface area contributed by atoms with E-state index in [1.165, 1.54) is 7.11 Å². The van der Waals surface area contributed by atoms with E-state index >= 15 is 0 Å². The van der Waals surface area contributed by atoms with Crippen LogP contribution in [0.4, 0.5) is 21.9 Å². The molecule has 0 aliphatic carbocycles. The molecule has 0 heterocycles. The number of amides is 2. The molecule has 0 spiro atoms. The molecule has 104 valence electrons. The number of hydrogen-bond donors (Lipinski definition) is 3. The van der Waals surface area contributed by atoms with Gasteiger partial charge in [-0.15, -0.1) is 0 Å². The molecule has 0 saturated heterocycles. The highest BCUT2D eigenvalue weighted by Crippen LogP contribution is 2.28. The third-order valence-corrected chi connectivity index (χ3v) is 2.95. The predicted molar refractivity (Wildman–Crippen MR) is 81.5 cm³/mol. The van der Waals surface area contributed by atoms with Crippen LogP contribution in [0.1, 0.15) is 0 Å². The quantitative estimate of drug-likeness (QED) is 0.757. The van der Waals surface area contributed by atoms with Crippen molar-refractivity contribution in [3.05, 3.63) is 47.5 Å². The van der Waals surface area contributed by atoms with Crippen LogP contribution in [0.15, 0.2) is 42.5 Å². The molecule has 4 N–H and O–H groups in total. The van der Waals surface area contributed by atoms with Crippen molar-refractivity contribution in [2.24, 2.45) is 0 Å². The number of nitrogen functional groups attached to an aromatic ring is 1. The zero-order valence-electron chi connectivity index (χ0n) is 10.8. The fourth-order valence-corrected chi connectivity index (χ4v) is 1.92. The van der Waals surface area contributed by atoms with Gasteiger partial charge < -0.3 is 21.1 Å². The molecular formula is C14H14ClN3O2. The fraction of sp³-hybridized carbons (Fsp3) is 0.0714. The largest absolute Gasteiger partial charge is 0.495 e. The number of methoxy groups -OCH3 is 1. The monoisotopic (exact) mass is 291 g/mol. The second kappa shape index (κ2) is 6.16. The molecule has 0 bridgehead atoms. The summed E-state index contributed by atoms with van der Waals surface area (Å²) in [5.74, 6) is 0.565. The standard InChI is InChI=1S/C14H14ClN3O2/c1-20-12-8-3-2-7-11(12)17-14(19)18-13-9(15)5-4-6-10(13)16/h2-8H,16H2,1H3,(H2,17,18,19). The van der Waals surface area contributed by atoms with Gasteiger partial charge in [-0.25, -0.2) is 4.79 Å². The van der Waals surface area contributed by atoms with Crippen molar-refractivity contribution in [2.45, 2.75) is 0 Å². The molecule has 2 rings (SSSR count). The van der Waals surface area contributed by atoms with E-state index in [-0.39, 0.29) is 0 Å². The van der Waals surface area contributed by atoms with Gasteiger partial charge in [0, 0.05) is 0 Å². The van der Waals surface area contributed by atoms with Crippen molar-refractivity contribution < 1.29 is 9.53 Å². The minimum absolute atomic E-state index is 0.375. The number of para-hydroxylation sites is 3. The number of carbonyl (C=O) groups excluding carboxylic acids is 1. The summed E-state index contributed by atoms with van der Waals surface area (Å²) >= 11 is 5.99. The Kier molecular flexibility index (Phi) is 4.32. The summed E-state index contributed by atoms with van der Waals surface area (Å²) in [6.45, 7) is 0. The lowest BCUT2D eigenvalue weighted by molar-refractivity contribution is 0.262. The Morgan fingerprint density at radius 3 is 2.60 bits per heavy atom. The molecule has 0 aliphatic heterocycles. The summed E-state index contributed by atoms with van der Waals surface area (Å²) in [5, 5.41) is 5.67. The van der Waals surface area contributed by atoms with E-state index in [0.29, 0.717) is 27.8 Å². The summed E-state index contributed by atoms with van der Waals surface area (Å²) in [4.78, 5) is 12.0. The molecular weight excluding hydrogens is 278 g/mol. The number of urea groups is 1. The van der Waals surface area contributed by atoms with Gasteiger partial charge in [0.05, 0.1) is 29.2 Å². The van der Waals surface area contributed by atoms with Gasteiger partial charge >= 0.3 is 6.03 Å². The number of nitrogens with one attached hydrogen (secondary N) is 2. The van der Waals surface area contributed by atoms with Crippen molar-refractivity contribution in [1.82, 2.24) is 0 Å². The number of carbonyl (C=O) groups is 1. The van der Waals surface area contributed by atoms with E-state index < -0.39 is 6.03 Å². The van der Waals surface area contributed by atoms with Crippen molar-refractivity contribution in [2.75, 3.05) is 23.5 Å². The maximum absolute atomic E-state index is 12.0. The van der Waals surface area contributed by atoms with Crippen LogP contribution in [0.5, 0.6) is 5.75 Å². The molecule has 0 atom stereocenters. The first-order chi connectivity index (χ1) is 9.61. The Hall–Kier alpha value is -2.40. The minimum atomic E-state index is -0.450. The Balaban J connectivity index is 2.13. The predicted octanol–water partition coefficient (Wildman–Crippen LogP) is 3.57. The molecule has 0 aromatic heterocycles. The van der Waals surface area contributed by atoms with E-state index in [9.17, 15) is 4.79 Å². The van der Waals surface area contributed by atoms with Gasteiger partial charge in [-0.3, -0.25) is 0 Å². The number of anilines is 3. The highest BCUT2D eigenvalue weighted by molar-refractivity contribution is 6.34. The lowest BCUT2D eigenvalue weighted by atomic mass is 10.2. The van der Waals surface area contributed by atoms with Gasteiger partial charge in [0.25, 0.3) is 0 Å². The highest BCUT2D eigenvalue weighted by atomic mass is 35.5. The first kappa shape index (κ1) is 14.0. The maximum Gasteiger partial charge on any atom is 0.323 e. The lowest BCUT2D eigenvalue weighted by Crippen LogP contribution is -2.20. The molecule has 2 aromatic rings. The third kappa shape index (κ3) is 3.13. The van der Waals surface area contributed by atoms with E-state index in [1.54, 1.807) is 36.4 Å². The number of benzene rings is 2. The smallest absolute Gasteiger partial charge is 0.323 e. The summed E-state index contributed by atoms with van der Waals surface area (Å²) in [6, 6.07) is 11.7. The van der Waals surface area contributed by atoms with E-state index in [0.717, 1.165) is 0 Å². The Morgan fingerprint density at radius 2 is 1.90 bits per heavy atom. The summed E-state index contributed by atoms with van der Waals surface area (Å²) in [5.41, 5.74) is 7.09. The first-order valence-electron chi connectivity index (χ1n) is 5.87. The van der Waals surface area contributed by atoms with Crippen LogP contribution in [0.3, 0.4) is 0 Å². The number of rotatable bonds is 3. The molecule has 0 fully saturated rings. The van der Waals surface area contributed by atoms with Gasteiger partial charge in [0.1, 0.15) is 5.75 Å². The molecule has 0 saturated carbocycles. The average Bonchev–Trinajstić information content (AvgIpc) is 2.44. The normalized spacial score (nSPS) is 9.90.